The van der Waals surface area contributed by atoms with Gasteiger partial charge in [-0.05, 0) is 19.4 Å². The second-order valence-corrected chi connectivity index (χ2v) is 4.84. The van der Waals surface area contributed by atoms with Crippen molar-refractivity contribution in [1.29, 1.82) is 0 Å². The van der Waals surface area contributed by atoms with Crippen LogP contribution in [-0.2, 0) is 9.53 Å². The Morgan fingerprint density at radius 1 is 1.32 bits per heavy atom. The standard InChI is InChI=1S/C12H23N3O2.2ClH/c1-17-8-4-13-9-12(16)15-7-6-14-5-2-3-11(14)10-15;;/h11,13H,2-10H2,1H3;2*1H. The number of rotatable bonds is 5. The highest BCUT2D eigenvalue weighted by Crippen LogP contribution is 2.21. The Hall–Kier alpha value is -0.0700. The monoisotopic (exact) mass is 313 g/mol. The molecule has 0 spiro atoms. The third kappa shape index (κ3) is 5.44. The number of carbonyl (C=O) groups excluding carboxylic acids is 1. The minimum Gasteiger partial charge on any atom is -0.383 e. The molecule has 0 aliphatic carbocycles. The molecule has 1 amide bonds. The number of fused-ring (bicyclic) bond motifs is 1. The zero-order valence-corrected chi connectivity index (χ0v) is 13.1. The zero-order chi connectivity index (χ0) is 12.1. The summed E-state index contributed by atoms with van der Waals surface area (Å²) in [5.41, 5.74) is 0. The summed E-state index contributed by atoms with van der Waals surface area (Å²) in [4.78, 5) is 16.5. The molecule has 1 atom stereocenters. The molecule has 2 rings (SSSR count). The molecular formula is C12H25Cl2N3O2. The van der Waals surface area contributed by atoms with Crippen molar-refractivity contribution in [2.75, 3.05) is 53.0 Å². The first-order valence-electron chi connectivity index (χ1n) is 6.52. The topological polar surface area (TPSA) is 44.8 Å². The predicted molar refractivity (Wildman–Crippen MR) is 80.4 cm³/mol. The summed E-state index contributed by atoms with van der Waals surface area (Å²) in [6, 6.07) is 0.617. The van der Waals surface area contributed by atoms with Gasteiger partial charge in [-0.2, -0.15) is 0 Å². The Labute approximate surface area is 127 Å². The number of halogens is 2. The molecule has 0 radical (unpaired) electrons. The lowest BCUT2D eigenvalue weighted by Crippen LogP contribution is -2.53. The van der Waals surface area contributed by atoms with Crippen LogP contribution in [0, 0.1) is 0 Å². The molecule has 7 heteroatoms. The fourth-order valence-corrected chi connectivity index (χ4v) is 2.70. The van der Waals surface area contributed by atoms with E-state index in [9.17, 15) is 4.79 Å². The average Bonchev–Trinajstić information content (AvgIpc) is 2.81. The van der Waals surface area contributed by atoms with E-state index in [2.05, 4.69) is 10.2 Å². The van der Waals surface area contributed by atoms with E-state index < -0.39 is 0 Å². The van der Waals surface area contributed by atoms with Crippen LogP contribution < -0.4 is 5.32 Å². The maximum Gasteiger partial charge on any atom is 0.236 e. The van der Waals surface area contributed by atoms with Gasteiger partial charge in [0, 0.05) is 39.3 Å². The lowest BCUT2D eigenvalue weighted by molar-refractivity contribution is -0.132. The van der Waals surface area contributed by atoms with E-state index in [0.717, 1.165) is 26.2 Å². The minimum atomic E-state index is 0. The van der Waals surface area contributed by atoms with Gasteiger partial charge in [-0.1, -0.05) is 0 Å². The molecule has 0 aromatic heterocycles. The SMILES string of the molecule is COCCNCC(=O)N1CCN2CCCC2C1.Cl.Cl. The first kappa shape index (κ1) is 18.9. The van der Waals surface area contributed by atoms with Gasteiger partial charge in [-0.15, -0.1) is 24.8 Å². The summed E-state index contributed by atoms with van der Waals surface area (Å²) < 4.78 is 4.93. The molecule has 1 N–H and O–H groups in total. The third-order valence-electron chi connectivity index (χ3n) is 3.70. The van der Waals surface area contributed by atoms with Gasteiger partial charge in [0.05, 0.1) is 13.2 Å². The van der Waals surface area contributed by atoms with Crippen LogP contribution in [0.3, 0.4) is 0 Å². The van der Waals surface area contributed by atoms with E-state index >= 15 is 0 Å². The summed E-state index contributed by atoms with van der Waals surface area (Å²) in [5.74, 6) is 0.229. The van der Waals surface area contributed by atoms with Gasteiger partial charge in [-0.3, -0.25) is 9.69 Å². The highest BCUT2D eigenvalue weighted by molar-refractivity contribution is 5.85. The predicted octanol–water partition coefficient (Wildman–Crippen LogP) is 0.373. The van der Waals surface area contributed by atoms with E-state index in [-0.39, 0.29) is 30.7 Å². The molecule has 5 nitrogen and oxygen atoms in total. The first-order valence-corrected chi connectivity index (χ1v) is 6.52. The van der Waals surface area contributed by atoms with Crippen molar-refractivity contribution < 1.29 is 9.53 Å². The number of hydrogen-bond acceptors (Lipinski definition) is 4. The maximum atomic E-state index is 12.0. The van der Waals surface area contributed by atoms with E-state index in [0.29, 0.717) is 19.2 Å². The molecule has 0 aromatic rings. The molecule has 0 saturated carbocycles. The molecule has 114 valence electrons. The molecule has 2 aliphatic heterocycles. The van der Waals surface area contributed by atoms with Crippen LogP contribution >= 0.6 is 24.8 Å². The van der Waals surface area contributed by atoms with Crippen molar-refractivity contribution in [3.63, 3.8) is 0 Å². The van der Waals surface area contributed by atoms with Crippen LogP contribution in [0.15, 0.2) is 0 Å². The lowest BCUT2D eigenvalue weighted by Gasteiger charge is -2.37. The van der Waals surface area contributed by atoms with Crippen LogP contribution in [0.2, 0.25) is 0 Å². The van der Waals surface area contributed by atoms with Gasteiger partial charge in [0.25, 0.3) is 0 Å². The Morgan fingerprint density at radius 2 is 2.11 bits per heavy atom. The molecule has 0 bridgehead atoms. The molecule has 0 aromatic carbocycles. The van der Waals surface area contributed by atoms with E-state index in [1.54, 1.807) is 7.11 Å². The van der Waals surface area contributed by atoms with Gasteiger partial charge in [-0.25, -0.2) is 0 Å². The zero-order valence-electron chi connectivity index (χ0n) is 11.5. The normalized spacial score (nSPS) is 22.4. The maximum absolute atomic E-state index is 12.0. The minimum absolute atomic E-state index is 0. The van der Waals surface area contributed by atoms with Gasteiger partial charge >= 0.3 is 0 Å². The Morgan fingerprint density at radius 3 is 2.84 bits per heavy atom. The van der Waals surface area contributed by atoms with Gasteiger partial charge in [0.2, 0.25) is 5.91 Å². The first-order chi connectivity index (χ1) is 8.31. The van der Waals surface area contributed by atoms with Crippen LogP contribution in [0.1, 0.15) is 12.8 Å². The number of carbonyl (C=O) groups is 1. The number of nitrogens with zero attached hydrogens (tertiary/aromatic N) is 2. The number of amides is 1. The van der Waals surface area contributed by atoms with Crippen molar-refractivity contribution in [3.05, 3.63) is 0 Å². The fourth-order valence-electron chi connectivity index (χ4n) is 2.70. The Bertz CT molecular complexity index is 269. The number of methoxy groups -OCH3 is 1. The van der Waals surface area contributed by atoms with Crippen molar-refractivity contribution in [2.24, 2.45) is 0 Å². The van der Waals surface area contributed by atoms with Crippen LogP contribution in [0.5, 0.6) is 0 Å². The summed E-state index contributed by atoms with van der Waals surface area (Å²) in [6.07, 6.45) is 2.54. The molecular weight excluding hydrogens is 289 g/mol. The Kier molecular flexibility index (Phi) is 9.74. The third-order valence-corrected chi connectivity index (χ3v) is 3.70. The summed E-state index contributed by atoms with van der Waals surface area (Å²) >= 11 is 0. The molecule has 19 heavy (non-hydrogen) atoms. The van der Waals surface area contributed by atoms with Crippen molar-refractivity contribution in [1.82, 2.24) is 15.1 Å². The molecule has 2 saturated heterocycles. The van der Waals surface area contributed by atoms with Gasteiger partial charge in [0.15, 0.2) is 0 Å². The molecule has 2 heterocycles. The average molecular weight is 314 g/mol. The number of piperazine rings is 1. The number of hydrogen-bond donors (Lipinski definition) is 1. The van der Waals surface area contributed by atoms with E-state index in [1.807, 2.05) is 4.90 Å². The Balaban J connectivity index is 0.00000162. The summed E-state index contributed by atoms with van der Waals surface area (Å²) in [6.45, 7) is 5.92. The van der Waals surface area contributed by atoms with Crippen LogP contribution in [0.4, 0.5) is 0 Å². The van der Waals surface area contributed by atoms with E-state index in [1.165, 1.54) is 19.4 Å². The van der Waals surface area contributed by atoms with Gasteiger partial charge in [0.1, 0.15) is 0 Å². The van der Waals surface area contributed by atoms with Crippen molar-refractivity contribution >= 4 is 30.7 Å². The second-order valence-electron chi connectivity index (χ2n) is 4.84. The largest absolute Gasteiger partial charge is 0.383 e. The van der Waals surface area contributed by atoms with Crippen LogP contribution in [0.25, 0.3) is 0 Å². The second kappa shape index (κ2) is 9.77. The molecule has 2 aliphatic rings. The highest BCUT2D eigenvalue weighted by Gasteiger charge is 2.31. The number of ether oxygens (including phenoxy) is 1. The van der Waals surface area contributed by atoms with Crippen molar-refractivity contribution in [3.8, 4) is 0 Å². The van der Waals surface area contributed by atoms with Gasteiger partial charge < -0.3 is 15.0 Å². The van der Waals surface area contributed by atoms with Crippen molar-refractivity contribution in [2.45, 2.75) is 18.9 Å². The molecule has 1 unspecified atom stereocenters. The summed E-state index contributed by atoms with van der Waals surface area (Å²) in [5, 5.41) is 3.11. The van der Waals surface area contributed by atoms with Crippen LogP contribution in [-0.4, -0.2) is 74.7 Å². The smallest absolute Gasteiger partial charge is 0.236 e. The van der Waals surface area contributed by atoms with E-state index in [4.69, 9.17) is 4.74 Å². The summed E-state index contributed by atoms with van der Waals surface area (Å²) in [7, 11) is 1.67. The lowest BCUT2D eigenvalue weighted by atomic mass is 10.1. The fraction of sp³-hybridized carbons (Fsp3) is 0.917. The highest BCUT2D eigenvalue weighted by atomic mass is 35.5. The number of nitrogens with one attached hydrogen (secondary N) is 1. The quantitative estimate of drug-likeness (QED) is 0.745. The molecule has 2 fully saturated rings.